The second-order valence-corrected chi connectivity index (χ2v) is 6.09. The van der Waals surface area contributed by atoms with Crippen LogP contribution in [0.1, 0.15) is 12.5 Å². The first-order chi connectivity index (χ1) is 11.3. The van der Waals surface area contributed by atoms with Gasteiger partial charge in [0.1, 0.15) is 18.2 Å². The van der Waals surface area contributed by atoms with Crippen molar-refractivity contribution in [2.75, 3.05) is 16.8 Å². The Morgan fingerprint density at radius 3 is 2.46 bits per heavy atom. The van der Waals surface area contributed by atoms with Gasteiger partial charge in [0.2, 0.25) is 11.8 Å². The van der Waals surface area contributed by atoms with Crippen molar-refractivity contribution in [2.24, 2.45) is 0 Å². The molecular weight excluding hydrogens is 382 g/mol. The molecule has 0 atom stereocenters. The molecule has 2 aromatic rings. The van der Waals surface area contributed by atoms with Gasteiger partial charge < -0.3 is 10.2 Å². The molecule has 2 amide bonds. The lowest BCUT2D eigenvalue weighted by Gasteiger charge is -2.22. The molecule has 2 rings (SSSR count). The molecule has 0 aliphatic heterocycles. The number of nitrogens with one attached hydrogen (secondary N) is 1. The predicted octanol–water partition coefficient (Wildman–Crippen LogP) is 4.03. The van der Waals surface area contributed by atoms with Crippen LogP contribution in [0.25, 0.3) is 0 Å². The molecule has 0 fully saturated rings. The quantitative estimate of drug-likeness (QED) is 0.847. The molecule has 0 bridgehead atoms. The van der Waals surface area contributed by atoms with Crippen LogP contribution in [0.4, 0.5) is 20.2 Å². The zero-order valence-electron chi connectivity index (χ0n) is 13.1. The van der Waals surface area contributed by atoms with Gasteiger partial charge in [0.25, 0.3) is 0 Å². The number of hydrogen-bond acceptors (Lipinski definition) is 2. The summed E-state index contributed by atoms with van der Waals surface area (Å²) in [6, 6.07) is 8.19. The van der Waals surface area contributed by atoms with Crippen LogP contribution in [0.3, 0.4) is 0 Å². The molecule has 0 aliphatic rings. The van der Waals surface area contributed by atoms with E-state index in [1.54, 1.807) is 6.07 Å². The molecular formula is C17H15BrF2N2O2. The lowest BCUT2D eigenvalue weighted by molar-refractivity contribution is -0.120. The summed E-state index contributed by atoms with van der Waals surface area (Å²) in [5.74, 6) is -2.55. The van der Waals surface area contributed by atoms with Crippen molar-refractivity contribution >= 4 is 39.1 Å². The summed E-state index contributed by atoms with van der Waals surface area (Å²) in [5, 5.41) is 2.33. The summed E-state index contributed by atoms with van der Waals surface area (Å²) in [6.45, 7) is 2.93. The summed E-state index contributed by atoms with van der Waals surface area (Å²) in [5.41, 5.74) is 1.38. The molecule has 0 radical (unpaired) electrons. The van der Waals surface area contributed by atoms with Crippen molar-refractivity contribution in [3.05, 3.63) is 58.1 Å². The Morgan fingerprint density at radius 2 is 1.88 bits per heavy atom. The van der Waals surface area contributed by atoms with E-state index in [-0.39, 0.29) is 18.1 Å². The minimum absolute atomic E-state index is 0.145. The summed E-state index contributed by atoms with van der Waals surface area (Å²) in [4.78, 5) is 25.3. The van der Waals surface area contributed by atoms with Crippen molar-refractivity contribution in [1.82, 2.24) is 0 Å². The topological polar surface area (TPSA) is 49.4 Å². The van der Waals surface area contributed by atoms with Gasteiger partial charge in [-0.05, 0) is 52.7 Å². The van der Waals surface area contributed by atoms with Gasteiger partial charge in [-0.15, -0.1) is 0 Å². The van der Waals surface area contributed by atoms with Crippen molar-refractivity contribution < 1.29 is 18.4 Å². The highest BCUT2D eigenvalue weighted by molar-refractivity contribution is 9.10. The highest BCUT2D eigenvalue weighted by atomic mass is 79.9. The molecule has 0 aromatic heterocycles. The maximum atomic E-state index is 13.6. The van der Waals surface area contributed by atoms with Crippen LogP contribution < -0.4 is 10.2 Å². The van der Waals surface area contributed by atoms with E-state index in [9.17, 15) is 18.4 Å². The summed E-state index contributed by atoms with van der Waals surface area (Å²) in [7, 11) is 0. The summed E-state index contributed by atoms with van der Waals surface area (Å²) >= 11 is 3.37. The molecule has 24 heavy (non-hydrogen) atoms. The zero-order valence-corrected chi connectivity index (χ0v) is 14.7. The van der Waals surface area contributed by atoms with Crippen LogP contribution in [0.2, 0.25) is 0 Å². The monoisotopic (exact) mass is 396 g/mol. The summed E-state index contributed by atoms with van der Waals surface area (Å²) in [6.07, 6.45) is 0. The van der Waals surface area contributed by atoms with Crippen LogP contribution >= 0.6 is 15.9 Å². The van der Waals surface area contributed by atoms with Gasteiger partial charge in [0, 0.05) is 17.5 Å². The molecule has 2 aromatic carbocycles. The Bertz CT molecular complexity index is 796. The van der Waals surface area contributed by atoms with Gasteiger partial charge in [-0.3, -0.25) is 9.59 Å². The molecule has 0 heterocycles. The first-order valence-corrected chi connectivity index (χ1v) is 7.86. The Kier molecular flexibility index (Phi) is 5.66. The maximum absolute atomic E-state index is 13.6. The number of carbonyl (C=O) groups is 2. The Hall–Kier alpha value is -2.28. The molecule has 1 N–H and O–H groups in total. The number of nitrogens with zero attached hydrogens (tertiary/aromatic N) is 1. The van der Waals surface area contributed by atoms with E-state index in [1.165, 1.54) is 11.8 Å². The molecule has 0 unspecified atom stereocenters. The van der Waals surface area contributed by atoms with Gasteiger partial charge in [0.15, 0.2) is 0 Å². The van der Waals surface area contributed by atoms with Gasteiger partial charge >= 0.3 is 0 Å². The number of hydrogen-bond donors (Lipinski definition) is 1. The second kappa shape index (κ2) is 7.53. The van der Waals surface area contributed by atoms with E-state index in [1.807, 2.05) is 19.1 Å². The van der Waals surface area contributed by atoms with Gasteiger partial charge in [-0.2, -0.15) is 0 Å². The fraction of sp³-hybridized carbons (Fsp3) is 0.176. The van der Waals surface area contributed by atoms with Crippen LogP contribution in [-0.2, 0) is 9.59 Å². The largest absolute Gasteiger partial charge is 0.322 e. The molecule has 0 spiro atoms. The third-order valence-corrected chi connectivity index (χ3v) is 3.92. The number of rotatable bonds is 4. The standard InChI is InChI=1S/C17H15BrF2N2O2/c1-10-3-6-16(13(18)7-10)22(11(2)23)9-17(24)21-15-5-4-12(19)8-14(15)20/h3-8H,9H2,1-2H3,(H,21,24). The van der Waals surface area contributed by atoms with E-state index in [4.69, 9.17) is 0 Å². The summed E-state index contributed by atoms with van der Waals surface area (Å²) < 4.78 is 27.1. The SMILES string of the molecule is CC(=O)N(CC(=O)Nc1ccc(F)cc1F)c1ccc(C)cc1Br. The zero-order chi connectivity index (χ0) is 17.9. The average Bonchev–Trinajstić information content (AvgIpc) is 2.48. The fourth-order valence-electron chi connectivity index (χ4n) is 2.12. The average molecular weight is 397 g/mol. The molecule has 0 saturated heterocycles. The normalized spacial score (nSPS) is 10.4. The van der Waals surface area contributed by atoms with Crippen molar-refractivity contribution in [3.63, 3.8) is 0 Å². The first-order valence-electron chi connectivity index (χ1n) is 7.07. The Balaban J connectivity index is 2.18. The Labute approximate surface area is 146 Å². The number of anilines is 2. The van der Waals surface area contributed by atoms with Gasteiger partial charge in [-0.1, -0.05) is 6.07 Å². The second-order valence-electron chi connectivity index (χ2n) is 5.23. The smallest absolute Gasteiger partial charge is 0.244 e. The van der Waals surface area contributed by atoms with E-state index in [2.05, 4.69) is 21.2 Å². The third-order valence-electron chi connectivity index (χ3n) is 3.28. The Morgan fingerprint density at radius 1 is 1.17 bits per heavy atom. The highest BCUT2D eigenvalue weighted by Crippen LogP contribution is 2.27. The number of aryl methyl sites for hydroxylation is 1. The molecule has 0 saturated carbocycles. The molecule has 126 valence electrons. The van der Waals surface area contributed by atoms with Crippen LogP contribution in [0, 0.1) is 18.6 Å². The van der Waals surface area contributed by atoms with Crippen molar-refractivity contribution in [2.45, 2.75) is 13.8 Å². The van der Waals surface area contributed by atoms with Crippen molar-refractivity contribution in [3.8, 4) is 0 Å². The van der Waals surface area contributed by atoms with Gasteiger partial charge in [-0.25, -0.2) is 8.78 Å². The number of halogens is 3. The minimum atomic E-state index is -0.880. The van der Waals surface area contributed by atoms with E-state index in [0.717, 1.165) is 17.7 Å². The number of carbonyl (C=O) groups excluding carboxylic acids is 2. The van der Waals surface area contributed by atoms with Gasteiger partial charge in [0.05, 0.1) is 11.4 Å². The minimum Gasteiger partial charge on any atom is -0.322 e. The predicted molar refractivity (Wildman–Crippen MR) is 91.9 cm³/mol. The van der Waals surface area contributed by atoms with E-state index < -0.39 is 17.5 Å². The van der Waals surface area contributed by atoms with E-state index in [0.29, 0.717) is 16.2 Å². The third kappa shape index (κ3) is 4.38. The molecule has 0 aliphatic carbocycles. The first kappa shape index (κ1) is 18.1. The fourth-order valence-corrected chi connectivity index (χ4v) is 2.83. The molecule has 4 nitrogen and oxygen atoms in total. The lowest BCUT2D eigenvalue weighted by atomic mass is 10.2. The van der Waals surface area contributed by atoms with Crippen LogP contribution in [0.15, 0.2) is 40.9 Å². The number of amides is 2. The maximum Gasteiger partial charge on any atom is 0.244 e. The van der Waals surface area contributed by atoms with Crippen LogP contribution in [-0.4, -0.2) is 18.4 Å². The van der Waals surface area contributed by atoms with E-state index >= 15 is 0 Å². The molecule has 7 heteroatoms. The van der Waals surface area contributed by atoms with Crippen LogP contribution in [0.5, 0.6) is 0 Å². The number of benzene rings is 2. The van der Waals surface area contributed by atoms with Crippen molar-refractivity contribution in [1.29, 1.82) is 0 Å². The highest BCUT2D eigenvalue weighted by Gasteiger charge is 2.19. The lowest BCUT2D eigenvalue weighted by Crippen LogP contribution is -2.37.